The molecule has 2 atom stereocenters. The number of methoxy groups -OCH3 is 1. The van der Waals surface area contributed by atoms with Crippen molar-refractivity contribution in [2.45, 2.75) is 31.9 Å². The SMILES string of the molecule is CNc1cccc(CCOc2ccc(C[C@H](NC(=O)[C@@H](C)OC)C(=O)O)cc2)n1. The zero-order valence-corrected chi connectivity index (χ0v) is 16.8. The van der Waals surface area contributed by atoms with E-state index in [0.29, 0.717) is 18.8 Å². The van der Waals surface area contributed by atoms with Crippen molar-refractivity contribution >= 4 is 17.7 Å². The van der Waals surface area contributed by atoms with Crippen LogP contribution in [0.5, 0.6) is 5.75 Å². The molecule has 1 aromatic heterocycles. The summed E-state index contributed by atoms with van der Waals surface area (Å²) in [6, 6.07) is 11.9. The minimum absolute atomic E-state index is 0.165. The number of carboxylic acids is 1. The molecule has 1 amide bonds. The van der Waals surface area contributed by atoms with Gasteiger partial charge in [-0.2, -0.15) is 0 Å². The molecule has 0 aliphatic carbocycles. The molecule has 156 valence electrons. The Labute approximate surface area is 170 Å². The van der Waals surface area contributed by atoms with Crippen LogP contribution in [-0.4, -0.2) is 54.9 Å². The second kappa shape index (κ2) is 11.0. The summed E-state index contributed by atoms with van der Waals surface area (Å²) in [6.07, 6.45) is 0.122. The molecule has 0 bridgehead atoms. The van der Waals surface area contributed by atoms with Crippen molar-refractivity contribution in [3.05, 3.63) is 53.7 Å². The average Bonchev–Trinajstić information content (AvgIpc) is 2.73. The summed E-state index contributed by atoms with van der Waals surface area (Å²) in [6.45, 7) is 2.03. The summed E-state index contributed by atoms with van der Waals surface area (Å²) < 4.78 is 10.6. The number of nitrogens with zero attached hydrogens (tertiary/aromatic N) is 1. The third-order valence-electron chi connectivity index (χ3n) is 4.39. The van der Waals surface area contributed by atoms with Gasteiger partial charge in [-0.3, -0.25) is 4.79 Å². The van der Waals surface area contributed by atoms with Crippen LogP contribution >= 0.6 is 0 Å². The molecular formula is C21H27N3O5. The summed E-state index contributed by atoms with van der Waals surface area (Å²) >= 11 is 0. The first-order valence-corrected chi connectivity index (χ1v) is 9.34. The Hall–Kier alpha value is -3.13. The second-order valence-corrected chi connectivity index (χ2v) is 6.49. The normalized spacial score (nSPS) is 12.7. The predicted octanol–water partition coefficient (Wildman–Crippen LogP) is 1.89. The van der Waals surface area contributed by atoms with E-state index in [2.05, 4.69) is 15.6 Å². The van der Waals surface area contributed by atoms with Gasteiger partial charge in [0, 0.05) is 32.7 Å². The van der Waals surface area contributed by atoms with Crippen molar-refractivity contribution in [3.8, 4) is 5.75 Å². The smallest absolute Gasteiger partial charge is 0.326 e. The first-order valence-electron chi connectivity index (χ1n) is 9.34. The maximum atomic E-state index is 11.9. The fourth-order valence-corrected chi connectivity index (χ4v) is 2.59. The Balaban J connectivity index is 1.87. The summed E-state index contributed by atoms with van der Waals surface area (Å²) in [5, 5.41) is 14.8. The van der Waals surface area contributed by atoms with Gasteiger partial charge in [0.1, 0.15) is 23.7 Å². The van der Waals surface area contributed by atoms with Crippen LogP contribution < -0.4 is 15.4 Å². The van der Waals surface area contributed by atoms with Crippen LogP contribution in [0.1, 0.15) is 18.2 Å². The van der Waals surface area contributed by atoms with Crippen molar-refractivity contribution in [2.75, 3.05) is 26.1 Å². The molecule has 29 heavy (non-hydrogen) atoms. The van der Waals surface area contributed by atoms with E-state index in [4.69, 9.17) is 9.47 Å². The first-order chi connectivity index (χ1) is 13.9. The lowest BCUT2D eigenvalue weighted by atomic mass is 10.1. The van der Waals surface area contributed by atoms with E-state index in [1.807, 2.05) is 25.2 Å². The van der Waals surface area contributed by atoms with Crippen molar-refractivity contribution in [3.63, 3.8) is 0 Å². The van der Waals surface area contributed by atoms with Gasteiger partial charge in [-0.05, 0) is 36.8 Å². The van der Waals surface area contributed by atoms with E-state index < -0.39 is 24.0 Å². The molecule has 1 aromatic carbocycles. The molecule has 2 rings (SSSR count). The van der Waals surface area contributed by atoms with E-state index in [1.54, 1.807) is 31.2 Å². The van der Waals surface area contributed by atoms with Crippen LogP contribution in [0.2, 0.25) is 0 Å². The molecule has 0 saturated carbocycles. The summed E-state index contributed by atoms with van der Waals surface area (Å²) in [5.41, 5.74) is 1.71. The highest BCUT2D eigenvalue weighted by molar-refractivity contribution is 5.86. The number of aliphatic carboxylic acids is 1. The number of carbonyl (C=O) groups is 2. The highest BCUT2D eigenvalue weighted by atomic mass is 16.5. The molecule has 0 spiro atoms. The van der Waals surface area contributed by atoms with Gasteiger partial charge in [0.25, 0.3) is 0 Å². The zero-order valence-electron chi connectivity index (χ0n) is 16.8. The van der Waals surface area contributed by atoms with Crippen molar-refractivity contribution in [1.29, 1.82) is 0 Å². The van der Waals surface area contributed by atoms with E-state index in [-0.39, 0.29) is 6.42 Å². The number of rotatable bonds is 11. The van der Waals surface area contributed by atoms with Gasteiger partial charge in [-0.1, -0.05) is 18.2 Å². The van der Waals surface area contributed by atoms with Crippen molar-refractivity contribution in [2.24, 2.45) is 0 Å². The lowest BCUT2D eigenvalue weighted by Crippen LogP contribution is -2.46. The van der Waals surface area contributed by atoms with Crippen LogP contribution in [0.3, 0.4) is 0 Å². The van der Waals surface area contributed by atoms with Crippen molar-refractivity contribution in [1.82, 2.24) is 10.3 Å². The molecule has 8 nitrogen and oxygen atoms in total. The number of anilines is 1. The standard InChI is InChI=1S/C21H27N3O5/c1-14(28-3)20(25)24-18(21(26)27)13-15-7-9-17(10-8-15)29-12-11-16-5-4-6-19(22-2)23-16/h4-10,14,18H,11-13H2,1-3H3,(H,22,23)(H,24,25)(H,26,27)/t14-,18+/m1/s1. The zero-order chi connectivity index (χ0) is 21.2. The third kappa shape index (κ3) is 7.08. The summed E-state index contributed by atoms with van der Waals surface area (Å²) in [7, 11) is 3.22. The number of amides is 1. The van der Waals surface area contributed by atoms with Crippen LogP contribution in [-0.2, 0) is 27.2 Å². The molecule has 8 heteroatoms. The van der Waals surface area contributed by atoms with E-state index in [1.165, 1.54) is 7.11 Å². The van der Waals surface area contributed by atoms with Gasteiger partial charge in [-0.25, -0.2) is 9.78 Å². The van der Waals surface area contributed by atoms with Gasteiger partial charge in [0.2, 0.25) is 5.91 Å². The molecule has 1 heterocycles. The third-order valence-corrected chi connectivity index (χ3v) is 4.39. The predicted molar refractivity (Wildman–Crippen MR) is 109 cm³/mol. The van der Waals surface area contributed by atoms with Gasteiger partial charge < -0.3 is 25.2 Å². The Morgan fingerprint density at radius 1 is 1.17 bits per heavy atom. The Morgan fingerprint density at radius 2 is 1.90 bits per heavy atom. The Bertz CT molecular complexity index is 810. The molecule has 0 unspecified atom stereocenters. The molecule has 0 fully saturated rings. The lowest BCUT2D eigenvalue weighted by molar-refractivity contribution is -0.143. The van der Waals surface area contributed by atoms with Gasteiger partial charge in [0.05, 0.1) is 6.61 Å². The second-order valence-electron chi connectivity index (χ2n) is 6.49. The lowest BCUT2D eigenvalue weighted by Gasteiger charge is -2.17. The minimum atomic E-state index is -1.10. The van der Waals surface area contributed by atoms with Crippen molar-refractivity contribution < 1.29 is 24.2 Å². The summed E-state index contributed by atoms with van der Waals surface area (Å²) in [4.78, 5) is 27.8. The topological polar surface area (TPSA) is 110 Å². The van der Waals surface area contributed by atoms with Gasteiger partial charge in [0.15, 0.2) is 0 Å². The largest absolute Gasteiger partial charge is 0.493 e. The Kier molecular flexibility index (Phi) is 8.42. The number of benzene rings is 1. The van der Waals surface area contributed by atoms with E-state index in [9.17, 15) is 14.7 Å². The van der Waals surface area contributed by atoms with Gasteiger partial charge in [-0.15, -0.1) is 0 Å². The van der Waals surface area contributed by atoms with Gasteiger partial charge >= 0.3 is 5.97 Å². The molecule has 2 aromatic rings. The molecule has 3 N–H and O–H groups in total. The molecular weight excluding hydrogens is 374 g/mol. The van der Waals surface area contributed by atoms with Crippen LogP contribution in [0.25, 0.3) is 0 Å². The average molecular weight is 401 g/mol. The maximum absolute atomic E-state index is 11.9. The number of carbonyl (C=O) groups excluding carboxylic acids is 1. The number of ether oxygens (including phenoxy) is 2. The number of hydrogen-bond acceptors (Lipinski definition) is 6. The Morgan fingerprint density at radius 3 is 2.52 bits per heavy atom. The molecule has 0 saturated heterocycles. The number of pyridine rings is 1. The number of carboxylic acid groups (broad SMARTS) is 1. The highest BCUT2D eigenvalue weighted by Crippen LogP contribution is 2.14. The minimum Gasteiger partial charge on any atom is -0.493 e. The summed E-state index contributed by atoms with van der Waals surface area (Å²) in [5.74, 6) is -0.0663. The van der Waals surface area contributed by atoms with Crippen LogP contribution in [0.15, 0.2) is 42.5 Å². The monoisotopic (exact) mass is 401 g/mol. The fraction of sp³-hybridized carbons (Fsp3) is 0.381. The van der Waals surface area contributed by atoms with E-state index >= 15 is 0 Å². The fourth-order valence-electron chi connectivity index (χ4n) is 2.59. The van der Waals surface area contributed by atoms with E-state index in [0.717, 1.165) is 17.1 Å². The molecule has 0 aliphatic heterocycles. The quantitative estimate of drug-likeness (QED) is 0.527. The number of nitrogens with one attached hydrogen (secondary N) is 2. The van der Waals surface area contributed by atoms with Crippen LogP contribution in [0, 0.1) is 0 Å². The molecule has 0 aliphatic rings. The van der Waals surface area contributed by atoms with Crippen LogP contribution in [0.4, 0.5) is 5.82 Å². The maximum Gasteiger partial charge on any atom is 0.326 e. The number of hydrogen-bond donors (Lipinski definition) is 3. The molecule has 0 radical (unpaired) electrons. The highest BCUT2D eigenvalue weighted by Gasteiger charge is 2.23. The number of aromatic nitrogens is 1. The first kappa shape index (κ1) is 22.2.